The van der Waals surface area contributed by atoms with Gasteiger partial charge in [-0.15, -0.1) is 0 Å². The fourth-order valence-electron chi connectivity index (χ4n) is 0.669. The summed E-state index contributed by atoms with van der Waals surface area (Å²) >= 11 is 0. The first kappa shape index (κ1) is 6.74. The standard InChI is InChI=1S/C7H9N3/c1-6-5-9-10-7(6)3-2-4-8/h2-5,8H,1H3,(H,9,10)/b3-2-,8-4?. The molecule has 1 rings (SSSR count). The van der Waals surface area contributed by atoms with E-state index >= 15 is 0 Å². The van der Waals surface area contributed by atoms with Crippen LogP contribution in [0.1, 0.15) is 11.3 Å². The van der Waals surface area contributed by atoms with Crippen LogP contribution in [0, 0.1) is 12.3 Å². The van der Waals surface area contributed by atoms with Crippen LogP contribution in [0.15, 0.2) is 12.3 Å². The summed E-state index contributed by atoms with van der Waals surface area (Å²) < 4.78 is 0. The van der Waals surface area contributed by atoms with Crippen LogP contribution in [-0.2, 0) is 0 Å². The van der Waals surface area contributed by atoms with Crippen molar-refractivity contribution >= 4 is 12.3 Å². The molecule has 0 aromatic carbocycles. The molecule has 3 nitrogen and oxygen atoms in total. The van der Waals surface area contributed by atoms with E-state index in [2.05, 4.69) is 10.2 Å². The van der Waals surface area contributed by atoms with E-state index in [1.54, 1.807) is 12.3 Å². The van der Waals surface area contributed by atoms with Crippen molar-refractivity contribution < 1.29 is 0 Å². The van der Waals surface area contributed by atoms with E-state index < -0.39 is 0 Å². The highest BCUT2D eigenvalue weighted by Crippen LogP contribution is 2.02. The van der Waals surface area contributed by atoms with E-state index in [4.69, 9.17) is 5.41 Å². The number of aromatic amines is 1. The Bertz CT molecular complexity index is 247. The molecule has 1 heterocycles. The molecule has 2 N–H and O–H groups in total. The smallest absolute Gasteiger partial charge is 0.0607 e. The number of allylic oxidation sites excluding steroid dienone is 1. The normalized spacial score (nSPS) is 10.5. The van der Waals surface area contributed by atoms with Crippen LogP contribution in [0.2, 0.25) is 0 Å². The topological polar surface area (TPSA) is 52.5 Å². The second-order valence-electron chi connectivity index (χ2n) is 1.99. The van der Waals surface area contributed by atoms with Gasteiger partial charge >= 0.3 is 0 Å². The van der Waals surface area contributed by atoms with Crippen molar-refractivity contribution in [3.05, 3.63) is 23.5 Å². The summed E-state index contributed by atoms with van der Waals surface area (Å²) in [5, 5.41) is 13.4. The Morgan fingerprint density at radius 3 is 3.00 bits per heavy atom. The zero-order valence-electron chi connectivity index (χ0n) is 5.76. The van der Waals surface area contributed by atoms with Crippen LogP contribution in [0.25, 0.3) is 6.08 Å². The van der Waals surface area contributed by atoms with Crippen LogP contribution < -0.4 is 0 Å². The Morgan fingerprint density at radius 1 is 1.70 bits per heavy atom. The maximum atomic E-state index is 6.73. The Hall–Kier alpha value is -1.38. The number of aryl methyl sites for hydroxylation is 1. The van der Waals surface area contributed by atoms with Crippen molar-refractivity contribution in [2.45, 2.75) is 6.92 Å². The molecule has 0 bridgehead atoms. The van der Waals surface area contributed by atoms with Gasteiger partial charge in [-0.05, 0) is 24.6 Å². The van der Waals surface area contributed by atoms with Gasteiger partial charge in [-0.2, -0.15) is 5.10 Å². The summed E-state index contributed by atoms with van der Waals surface area (Å²) in [7, 11) is 0. The molecule has 10 heavy (non-hydrogen) atoms. The molecule has 0 aliphatic heterocycles. The van der Waals surface area contributed by atoms with Gasteiger partial charge in [0.15, 0.2) is 0 Å². The predicted octanol–water partition coefficient (Wildman–Crippen LogP) is 1.38. The van der Waals surface area contributed by atoms with E-state index in [1.807, 2.05) is 13.0 Å². The number of hydrogen-bond donors (Lipinski definition) is 2. The van der Waals surface area contributed by atoms with Crippen LogP contribution in [0.5, 0.6) is 0 Å². The molecule has 0 aliphatic carbocycles. The number of H-pyrrole nitrogens is 1. The summed E-state index contributed by atoms with van der Waals surface area (Å²) in [4.78, 5) is 0. The van der Waals surface area contributed by atoms with Gasteiger partial charge in [-0.1, -0.05) is 0 Å². The van der Waals surface area contributed by atoms with Crippen LogP contribution in [0.3, 0.4) is 0 Å². The minimum atomic E-state index is 0.962. The molecule has 0 saturated carbocycles. The third-order valence-electron chi connectivity index (χ3n) is 1.23. The first-order chi connectivity index (χ1) is 4.84. The lowest BCUT2D eigenvalue weighted by molar-refractivity contribution is 1.08. The lowest BCUT2D eigenvalue weighted by Gasteiger charge is -1.84. The van der Waals surface area contributed by atoms with Crippen LogP contribution >= 0.6 is 0 Å². The molecule has 3 heteroatoms. The Balaban J connectivity index is 2.83. The highest BCUT2D eigenvalue weighted by atomic mass is 15.1. The van der Waals surface area contributed by atoms with Gasteiger partial charge < -0.3 is 5.41 Å². The Kier molecular flexibility index (Phi) is 1.99. The maximum absolute atomic E-state index is 6.73. The fourth-order valence-corrected chi connectivity index (χ4v) is 0.669. The SMILES string of the molecule is Cc1cn[nH]c1/C=C\C=N. The monoisotopic (exact) mass is 135 g/mol. The van der Waals surface area contributed by atoms with Gasteiger partial charge in [0.1, 0.15) is 0 Å². The van der Waals surface area contributed by atoms with Gasteiger partial charge in [0.25, 0.3) is 0 Å². The number of aromatic nitrogens is 2. The molecule has 0 spiro atoms. The minimum absolute atomic E-state index is 0.962. The summed E-state index contributed by atoms with van der Waals surface area (Å²) in [6.45, 7) is 1.97. The van der Waals surface area contributed by atoms with Crippen LogP contribution in [0.4, 0.5) is 0 Å². The average molecular weight is 135 g/mol. The third kappa shape index (κ3) is 1.31. The van der Waals surface area contributed by atoms with E-state index in [0.717, 1.165) is 11.3 Å². The third-order valence-corrected chi connectivity index (χ3v) is 1.23. The molecule has 52 valence electrons. The largest absolute Gasteiger partial charge is 0.309 e. The Labute approximate surface area is 59.3 Å². The second-order valence-corrected chi connectivity index (χ2v) is 1.99. The molecular weight excluding hydrogens is 126 g/mol. The molecule has 1 aromatic rings. The van der Waals surface area contributed by atoms with Gasteiger partial charge in [0, 0.05) is 6.21 Å². The fraction of sp³-hybridized carbons (Fsp3) is 0.143. The quantitative estimate of drug-likeness (QED) is 0.591. The van der Waals surface area contributed by atoms with E-state index in [-0.39, 0.29) is 0 Å². The number of nitrogens with zero attached hydrogens (tertiary/aromatic N) is 1. The lowest BCUT2D eigenvalue weighted by atomic mass is 10.3. The molecule has 0 radical (unpaired) electrons. The zero-order valence-corrected chi connectivity index (χ0v) is 5.76. The van der Waals surface area contributed by atoms with Gasteiger partial charge in [-0.3, -0.25) is 5.10 Å². The highest BCUT2D eigenvalue weighted by molar-refractivity contribution is 5.75. The highest BCUT2D eigenvalue weighted by Gasteiger charge is 1.91. The molecule has 0 unspecified atom stereocenters. The van der Waals surface area contributed by atoms with E-state index in [9.17, 15) is 0 Å². The predicted molar refractivity (Wildman–Crippen MR) is 41.1 cm³/mol. The summed E-state index contributed by atoms with van der Waals surface area (Å²) in [5.41, 5.74) is 2.06. The maximum Gasteiger partial charge on any atom is 0.0607 e. The molecule has 1 aromatic heterocycles. The molecular formula is C7H9N3. The first-order valence-corrected chi connectivity index (χ1v) is 3.01. The van der Waals surface area contributed by atoms with Crippen molar-refractivity contribution in [2.24, 2.45) is 0 Å². The lowest BCUT2D eigenvalue weighted by Crippen LogP contribution is -1.74. The molecule has 0 aliphatic rings. The van der Waals surface area contributed by atoms with Crippen molar-refractivity contribution in [3.8, 4) is 0 Å². The van der Waals surface area contributed by atoms with E-state index in [0.29, 0.717) is 0 Å². The summed E-state index contributed by atoms with van der Waals surface area (Å²) in [5.74, 6) is 0. The molecule has 0 saturated heterocycles. The number of rotatable bonds is 2. The van der Waals surface area contributed by atoms with Crippen molar-refractivity contribution in [2.75, 3.05) is 0 Å². The Morgan fingerprint density at radius 2 is 2.50 bits per heavy atom. The summed E-state index contributed by atoms with van der Waals surface area (Å²) in [6, 6.07) is 0. The van der Waals surface area contributed by atoms with Crippen LogP contribution in [-0.4, -0.2) is 16.4 Å². The zero-order chi connectivity index (χ0) is 7.40. The van der Waals surface area contributed by atoms with E-state index in [1.165, 1.54) is 6.21 Å². The van der Waals surface area contributed by atoms with Crippen molar-refractivity contribution in [1.29, 1.82) is 5.41 Å². The minimum Gasteiger partial charge on any atom is -0.309 e. The molecule has 0 amide bonds. The molecule has 0 fully saturated rings. The van der Waals surface area contributed by atoms with Gasteiger partial charge in [-0.25, -0.2) is 0 Å². The second kappa shape index (κ2) is 2.96. The van der Waals surface area contributed by atoms with Crippen molar-refractivity contribution in [1.82, 2.24) is 10.2 Å². The number of nitrogens with one attached hydrogen (secondary N) is 2. The van der Waals surface area contributed by atoms with Gasteiger partial charge in [0.05, 0.1) is 11.9 Å². The first-order valence-electron chi connectivity index (χ1n) is 3.01. The average Bonchev–Trinajstić information content (AvgIpc) is 2.31. The van der Waals surface area contributed by atoms with Crippen molar-refractivity contribution in [3.63, 3.8) is 0 Å². The molecule has 0 atom stereocenters. The number of hydrogen-bond acceptors (Lipinski definition) is 2. The van der Waals surface area contributed by atoms with Gasteiger partial charge in [0.2, 0.25) is 0 Å². The summed E-state index contributed by atoms with van der Waals surface area (Å²) in [6.07, 6.45) is 6.46.